The van der Waals surface area contributed by atoms with Gasteiger partial charge in [0.05, 0.1) is 17.9 Å². The molecule has 2 N–H and O–H groups in total. The molecule has 1 aliphatic heterocycles. The summed E-state index contributed by atoms with van der Waals surface area (Å²) in [5.74, 6) is 2.64. The van der Waals surface area contributed by atoms with Gasteiger partial charge in [-0.05, 0) is 73.3 Å². The number of hydrogen-bond donors (Lipinski definition) is 2. The number of pyridine rings is 1. The van der Waals surface area contributed by atoms with Gasteiger partial charge in [0.2, 0.25) is 12.3 Å². The number of halogens is 1. The molecule has 2 amide bonds. The van der Waals surface area contributed by atoms with E-state index in [-0.39, 0.29) is 11.8 Å². The molecule has 0 spiro atoms. The van der Waals surface area contributed by atoms with Crippen molar-refractivity contribution in [2.45, 2.75) is 57.4 Å². The first kappa shape index (κ1) is 26.3. The zero-order valence-electron chi connectivity index (χ0n) is 22.4. The number of nitrogens with one attached hydrogen (secondary N) is 2. The first-order valence-corrected chi connectivity index (χ1v) is 14.2. The highest BCUT2D eigenvalue weighted by Gasteiger charge is 2.32. The molecule has 1 saturated heterocycles. The zero-order valence-corrected chi connectivity index (χ0v) is 23.1. The van der Waals surface area contributed by atoms with Gasteiger partial charge in [-0.15, -0.1) is 0 Å². The summed E-state index contributed by atoms with van der Waals surface area (Å²) in [4.78, 5) is 38.1. The first-order valence-electron chi connectivity index (χ1n) is 13.8. The SMILES string of the molecule is CC1CCN(c2cc(C3CC3)cn3cc(CNc4cc(NC=O)ncn4)nc23)C1=O.Clc1cccc(C2CC2)c1. The standard InChI is InChI=1S/C21H23N7O2.C9H9Cl/c1-13-4-5-28(21(13)30)17-6-15(14-2-3-14)9-27-10-16(26-20(17)27)8-22-18-7-19(25-12-29)24-11-23-18;10-9-3-1-2-8(6-9)7-4-5-7/h6-7,9-14H,2-5,8H2,1H3,(H2,22,23,24,25,29);1-3,6-7H,4-5H2. The summed E-state index contributed by atoms with van der Waals surface area (Å²) in [6.07, 6.45) is 12.1. The maximum Gasteiger partial charge on any atom is 0.229 e. The third-order valence-electron chi connectivity index (χ3n) is 7.64. The van der Waals surface area contributed by atoms with Crippen molar-refractivity contribution in [1.29, 1.82) is 0 Å². The van der Waals surface area contributed by atoms with Gasteiger partial charge in [0.15, 0.2) is 5.65 Å². The number of nitrogens with zero attached hydrogens (tertiary/aromatic N) is 5. The zero-order chi connectivity index (χ0) is 27.6. The van der Waals surface area contributed by atoms with Crippen molar-refractivity contribution in [3.8, 4) is 0 Å². The normalized spacial score (nSPS) is 18.4. The number of benzene rings is 1. The maximum absolute atomic E-state index is 12.7. The Morgan fingerprint density at radius 2 is 1.77 bits per heavy atom. The minimum atomic E-state index is 0.0534. The van der Waals surface area contributed by atoms with E-state index < -0.39 is 0 Å². The van der Waals surface area contributed by atoms with Crippen LogP contribution in [0.1, 0.15) is 67.7 Å². The highest BCUT2D eigenvalue weighted by Crippen LogP contribution is 2.42. The van der Waals surface area contributed by atoms with Crippen molar-refractivity contribution in [1.82, 2.24) is 19.4 Å². The molecule has 0 radical (unpaired) electrons. The fourth-order valence-electron chi connectivity index (χ4n) is 5.09. The smallest absolute Gasteiger partial charge is 0.229 e. The van der Waals surface area contributed by atoms with Gasteiger partial charge in [0.25, 0.3) is 0 Å². The molecule has 40 heavy (non-hydrogen) atoms. The number of rotatable bonds is 8. The van der Waals surface area contributed by atoms with Crippen molar-refractivity contribution in [3.63, 3.8) is 0 Å². The van der Waals surface area contributed by atoms with Crippen LogP contribution in [0.5, 0.6) is 0 Å². The van der Waals surface area contributed by atoms with E-state index in [0.29, 0.717) is 30.5 Å². The van der Waals surface area contributed by atoms with E-state index in [2.05, 4.69) is 45.0 Å². The molecule has 9 nitrogen and oxygen atoms in total. The average molecular weight is 558 g/mol. The fraction of sp³-hybridized carbons (Fsp3) is 0.367. The largest absolute Gasteiger partial charge is 0.364 e. The Bertz CT molecular complexity index is 1550. The average Bonchev–Trinajstić information content (AvgIpc) is 3.89. The number of anilines is 3. The van der Waals surface area contributed by atoms with E-state index >= 15 is 0 Å². The van der Waals surface area contributed by atoms with E-state index in [4.69, 9.17) is 16.6 Å². The number of aromatic nitrogens is 4. The number of hydrogen-bond acceptors (Lipinski definition) is 6. The van der Waals surface area contributed by atoms with E-state index in [0.717, 1.165) is 40.9 Å². The minimum absolute atomic E-state index is 0.0534. The van der Waals surface area contributed by atoms with Crippen LogP contribution in [0.25, 0.3) is 5.65 Å². The summed E-state index contributed by atoms with van der Waals surface area (Å²) >= 11 is 5.82. The van der Waals surface area contributed by atoms with Crippen LogP contribution in [0.4, 0.5) is 17.3 Å². The fourth-order valence-corrected chi connectivity index (χ4v) is 5.29. The Labute approximate surface area is 238 Å². The summed E-state index contributed by atoms with van der Waals surface area (Å²) in [6, 6.07) is 12.0. The number of carbonyl (C=O) groups is 2. The van der Waals surface area contributed by atoms with Gasteiger partial charge in [-0.2, -0.15) is 0 Å². The van der Waals surface area contributed by atoms with Gasteiger partial charge >= 0.3 is 0 Å². The lowest BCUT2D eigenvalue weighted by Crippen LogP contribution is -2.27. The number of carbonyl (C=O) groups excluding carboxylic acids is 2. The van der Waals surface area contributed by atoms with Gasteiger partial charge in [-0.1, -0.05) is 30.7 Å². The molecule has 3 aromatic heterocycles. The molecule has 4 heterocycles. The van der Waals surface area contributed by atoms with Crippen LogP contribution in [0.15, 0.2) is 55.1 Å². The predicted molar refractivity (Wildman–Crippen MR) is 156 cm³/mol. The Morgan fingerprint density at radius 1 is 1.00 bits per heavy atom. The van der Waals surface area contributed by atoms with Crippen LogP contribution < -0.4 is 15.5 Å². The number of imidazole rings is 1. The van der Waals surface area contributed by atoms with Gasteiger partial charge in [-0.3, -0.25) is 9.59 Å². The summed E-state index contributed by atoms with van der Waals surface area (Å²) in [6.45, 7) is 3.18. The molecule has 2 aliphatic carbocycles. The summed E-state index contributed by atoms with van der Waals surface area (Å²) in [5, 5.41) is 6.58. The third-order valence-corrected chi connectivity index (χ3v) is 7.87. The second-order valence-corrected chi connectivity index (χ2v) is 11.2. The lowest BCUT2D eigenvalue weighted by Gasteiger charge is -2.18. The Morgan fingerprint density at radius 3 is 2.48 bits per heavy atom. The maximum atomic E-state index is 12.7. The van der Waals surface area contributed by atoms with Gasteiger partial charge in [0.1, 0.15) is 18.0 Å². The Balaban J connectivity index is 0.000000242. The molecule has 10 heteroatoms. The van der Waals surface area contributed by atoms with Crippen LogP contribution >= 0.6 is 11.6 Å². The van der Waals surface area contributed by atoms with Crippen LogP contribution in [0.2, 0.25) is 5.02 Å². The highest BCUT2D eigenvalue weighted by molar-refractivity contribution is 6.30. The van der Waals surface area contributed by atoms with Gasteiger partial charge in [-0.25, -0.2) is 15.0 Å². The van der Waals surface area contributed by atoms with Crippen molar-refractivity contribution >= 4 is 46.9 Å². The van der Waals surface area contributed by atoms with E-state index in [1.165, 1.54) is 43.1 Å². The molecule has 1 unspecified atom stereocenters. The van der Waals surface area contributed by atoms with E-state index in [1.807, 2.05) is 34.6 Å². The van der Waals surface area contributed by atoms with Crippen LogP contribution in [0.3, 0.4) is 0 Å². The van der Waals surface area contributed by atoms with Crippen LogP contribution in [-0.2, 0) is 16.1 Å². The Hall–Kier alpha value is -3.98. The molecular formula is C30H32ClN7O2. The lowest BCUT2D eigenvalue weighted by molar-refractivity contribution is -0.119. The molecule has 1 atom stereocenters. The second-order valence-electron chi connectivity index (χ2n) is 10.8. The van der Waals surface area contributed by atoms with Gasteiger partial charge < -0.3 is 19.9 Å². The third kappa shape index (κ3) is 5.94. The topological polar surface area (TPSA) is 105 Å². The molecule has 206 valence electrons. The second kappa shape index (κ2) is 11.3. The number of amides is 2. The van der Waals surface area contributed by atoms with Crippen LogP contribution in [-0.4, -0.2) is 38.2 Å². The molecule has 2 saturated carbocycles. The monoisotopic (exact) mass is 557 g/mol. The lowest BCUT2D eigenvalue weighted by atomic mass is 10.1. The molecule has 0 bridgehead atoms. The molecular weight excluding hydrogens is 526 g/mol. The highest BCUT2D eigenvalue weighted by atomic mass is 35.5. The van der Waals surface area contributed by atoms with Crippen molar-refractivity contribution in [2.75, 3.05) is 22.1 Å². The van der Waals surface area contributed by atoms with Crippen molar-refractivity contribution < 1.29 is 9.59 Å². The quantitative estimate of drug-likeness (QED) is 0.266. The molecule has 1 aromatic carbocycles. The summed E-state index contributed by atoms with van der Waals surface area (Å²) in [7, 11) is 0. The first-order chi connectivity index (χ1) is 19.5. The molecule has 3 fully saturated rings. The van der Waals surface area contributed by atoms with Gasteiger partial charge in [0, 0.05) is 35.9 Å². The summed E-state index contributed by atoms with van der Waals surface area (Å²) < 4.78 is 2.04. The van der Waals surface area contributed by atoms with E-state index in [1.54, 1.807) is 6.07 Å². The van der Waals surface area contributed by atoms with Crippen LogP contribution in [0, 0.1) is 5.92 Å². The molecule has 7 rings (SSSR count). The predicted octanol–water partition coefficient (Wildman–Crippen LogP) is 5.77. The summed E-state index contributed by atoms with van der Waals surface area (Å²) in [5.41, 5.74) is 5.21. The Kier molecular flexibility index (Phi) is 7.38. The molecule has 3 aliphatic rings. The van der Waals surface area contributed by atoms with E-state index in [9.17, 15) is 9.59 Å². The number of fused-ring (bicyclic) bond motifs is 1. The minimum Gasteiger partial charge on any atom is -0.364 e. The molecule has 4 aromatic rings. The van der Waals surface area contributed by atoms with Crippen molar-refractivity contribution in [3.05, 3.63) is 77.0 Å². The van der Waals surface area contributed by atoms with Crippen molar-refractivity contribution in [2.24, 2.45) is 5.92 Å².